The first-order valence-electron chi connectivity index (χ1n) is 9.78. The third-order valence-electron chi connectivity index (χ3n) is 5.02. The van der Waals surface area contributed by atoms with E-state index in [1.165, 1.54) is 11.8 Å². The van der Waals surface area contributed by atoms with Crippen LogP contribution in [0.2, 0.25) is 0 Å². The highest BCUT2D eigenvalue weighted by Gasteiger charge is 2.23. The van der Waals surface area contributed by atoms with Crippen molar-refractivity contribution in [1.29, 1.82) is 0 Å². The molecule has 0 bridgehead atoms. The normalized spacial score (nSPS) is 13.6. The van der Waals surface area contributed by atoms with Gasteiger partial charge in [0, 0.05) is 18.7 Å². The third kappa shape index (κ3) is 4.30. The van der Waals surface area contributed by atoms with Gasteiger partial charge in [-0.3, -0.25) is 9.36 Å². The molecule has 8 nitrogen and oxygen atoms in total. The minimum Gasteiger partial charge on any atom is -0.493 e. The Labute approximate surface area is 179 Å². The fourth-order valence-electron chi connectivity index (χ4n) is 3.46. The van der Waals surface area contributed by atoms with Crippen molar-refractivity contribution in [2.45, 2.75) is 24.5 Å². The zero-order valence-corrected chi connectivity index (χ0v) is 17.9. The van der Waals surface area contributed by atoms with Gasteiger partial charge in [0.1, 0.15) is 5.76 Å². The van der Waals surface area contributed by atoms with E-state index in [-0.39, 0.29) is 11.5 Å². The molecule has 1 aliphatic heterocycles. The lowest BCUT2D eigenvalue weighted by Gasteiger charge is -2.17. The van der Waals surface area contributed by atoms with E-state index < -0.39 is 0 Å². The van der Waals surface area contributed by atoms with Crippen LogP contribution in [0.1, 0.15) is 29.0 Å². The monoisotopic (exact) mass is 428 g/mol. The maximum atomic E-state index is 12.8. The summed E-state index contributed by atoms with van der Waals surface area (Å²) in [6.45, 7) is 2.45. The van der Waals surface area contributed by atoms with Crippen LogP contribution in [0, 0.1) is 0 Å². The number of rotatable bonds is 9. The van der Waals surface area contributed by atoms with Crippen LogP contribution >= 0.6 is 11.8 Å². The number of methoxy groups -OCH3 is 2. The highest BCUT2D eigenvalue weighted by atomic mass is 32.2. The van der Waals surface area contributed by atoms with Gasteiger partial charge in [-0.1, -0.05) is 11.8 Å². The van der Waals surface area contributed by atoms with Crippen LogP contribution in [0.3, 0.4) is 0 Å². The van der Waals surface area contributed by atoms with Crippen LogP contribution < -0.4 is 14.4 Å². The van der Waals surface area contributed by atoms with Crippen molar-refractivity contribution >= 4 is 23.5 Å². The van der Waals surface area contributed by atoms with E-state index in [1.807, 2.05) is 16.7 Å². The number of carbonyl (C=O) groups is 1. The molecule has 0 amide bonds. The first-order chi connectivity index (χ1) is 14.7. The van der Waals surface area contributed by atoms with Crippen LogP contribution in [0.5, 0.6) is 11.5 Å². The van der Waals surface area contributed by atoms with E-state index in [0.29, 0.717) is 28.8 Å². The van der Waals surface area contributed by atoms with Gasteiger partial charge in [0.2, 0.25) is 5.95 Å². The molecule has 1 aliphatic rings. The zero-order chi connectivity index (χ0) is 20.9. The number of hydrogen-bond acceptors (Lipinski definition) is 8. The van der Waals surface area contributed by atoms with Gasteiger partial charge in [0.25, 0.3) is 0 Å². The standard InChI is InChI=1S/C21H24N4O4S/c1-27-18-8-7-15(12-19(18)28-2)17(26)14-30-21-23-22-20(24-9-3-4-10-24)25(21)13-16-6-5-11-29-16/h5-8,11-12H,3-4,9-10,13-14H2,1-2H3. The van der Waals surface area contributed by atoms with E-state index in [2.05, 4.69) is 15.1 Å². The predicted molar refractivity (Wildman–Crippen MR) is 114 cm³/mol. The van der Waals surface area contributed by atoms with E-state index in [1.54, 1.807) is 38.7 Å². The molecule has 3 aromatic rings. The molecular weight excluding hydrogens is 404 g/mol. The summed E-state index contributed by atoms with van der Waals surface area (Å²) in [5.74, 6) is 3.00. The van der Waals surface area contributed by atoms with Crippen molar-refractivity contribution in [2.24, 2.45) is 0 Å². The van der Waals surface area contributed by atoms with Crippen molar-refractivity contribution in [3.63, 3.8) is 0 Å². The molecule has 2 aromatic heterocycles. The predicted octanol–water partition coefficient (Wildman–Crippen LogP) is 3.51. The Morgan fingerprint density at radius 3 is 2.63 bits per heavy atom. The first kappa shape index (κ1) is 20.3. The quantitative estimate of drug-likeness (QED) is 0.378. The summed E-state index contributed by atoms with van der Waals surface area (Å²) in [6, 6.07) is 8.97. The summed E-state index contributed by atoms with van der Waals surface area (Å²) in [7, 11) is 3.12. The van der Waals surface area contributed by atoms with Gasteiger partial charge in [-0.2, -0.15) is 0 Å². The second-order valence-electron chi connectivity index (χ2n) is 6.92. The zero-order valence-electron chi connectivity index (χ0n) is 17.0. The molecule has 9 heteroatoms. The van der Waals surface area contributed by atoms with Crippen molar-refractivity contribution in [2.75, 3.05) is 38.0 Å². The Hall–Kier alpha value is -2.94. The summed E-state index contributed by atoms with van der Waals surface area (Å²) in [6.07, 6.45) is 3.95. The molecule has 4 rings (SSSR count). The topological polar surface area (TPSA) is 82.6 Å². The number of anilines is 1. The highest BCUT2D eigenvalue weighted by Crippen LogP contribution is 2.30. The van der Waals surface area contributed by atoms with Crippen molar-refractivity contribution in [3.8, 4) is 11.5 Å². The lowest BCUT2D eigenvalue weighted by atomic mass is 10.1. The highest BCUT2D eigenvalue weighted by molar-refractivity contribution is 7.99. The maximum Gasteiger partial charge on any atom is 0.228 e. The minimum absolute atomic E-state index is 0.0174. The van der Waals surface area contributed by atoms with E-state index in [0.717, 1.165) is 37.6 Å². The summed E-state index contributed by atoms with van der Waals surface area (Å²) in [5.41, 5.74) is 0.567. The summed E-state index contributed by atoms with van der Waals surface area (Å²) >= 11 is 1.37. The molecular formula is C21H24N4O4S. The average Bonchev–Trinajstić information content (AvgIpc) is 3.54. The SMILES string of the molecule is COc1ccc(C(=O)CSc2nnc(N3CCCC3)n2Cc2ccco2)cc1OC. The third-order valence-corrected chi connectivity index (χ3v) is 5.98. The van der Waals surface area contributed by atoms with Crippen LogP contribution in [0.15, 0.2) is 46.2 Å². The Kier molecular flexibility index (Phi) is 6.27. The van der Waals surface area contributed by atoms with E-state index in [4.69, 9.17) is 13.9 Å². The number of aromatic nitrogens is 3. The fraction of sp³-hybridized carbons (Fsp3) is 0.381. The van der Waals surface area contributed by atoms with E-state index >= 15 is 0 Å². The molecule has 0 atom stereocenters. The van der Waals surface area contributed by atoms with Gasteiger partial charge in [-0.15, -0.1) is 10.2 Å². The van der Waals surface area contributed by atoms with Crippen LogP contribution in [0.4, 0.5) is 5.95 Å². The first-order valence-corrected chi connectivity index (χ1v) is 10.8. The van der Waals surface area contributed by atoms with E-state index in [9.17, 15) is 4.79 Å². The van der Waals surface area contributed by atoms with Gasteiger partial charge >= 0.3 is 0 Å². The van der Waals surface area contributed by atoms with Crippen molar-refractivity contribution in [1.82, 2.24) is 14.8 Å². The molecule has 0 radical (unpaired) electrons. The van der Waals surface area contributed by atoms with Crippen LogP contribution in [-0.4, -0.2) is 53.6 Å². The second kappa shape index (κ2) is 9.25. The number of thioether (sulfide) groups is 1. The number of nitrogens with zero attached hydrogens (tertiary/aromatic N) is 4. The van der Waals surface area contributed by atoms with Crippen LogP contribution in [-0.2, 0) is 6.54 Å². The maximum absolute atomic E-state index is 12.8. The fourth-order valence-corrected chi connectivity index (χ4v) is 4.29. The number of Topliss-reactive ketones (excluding diaryl/α,β-unsaturated/α-hetero) is 1. The van der Waals surface area contributed by atoms with Crippen molar-refractivity contribution < 1.29 is 18.7 Å². The average molecular weight is 429 g/mol. The molecule has 158 valence electrons. The molecule has 0 saturated carbocycles. The van der Waals surface area contributed by atoms with Crippen LogP contribution in [0.25, 0.3) is 0 Å². The smallest absolute Gasteiger partial charge is 0.228 e. The number of furan rings is 1. The second-order valence-corrected chi connectivity index (χ2v) is 7.87. The number of hydrogen-bond donors (Lipinski definition) is 0. The molecule has 3 heterocycles. The molecule has 0 spiro atoms. The lowest BCUT2D eigenvalue weighted by Crippen LogP contribution is -2.22. The molecule has 0 unspecified atom stereocenters. The Morgan fingerprint density at radius 2 is 1.93 bits per heavy atom. The van der Waals surface area contributed by atoms with Gasteiger partial charge in [-0.05, 0) is 43.2 Å². The van der Waals surface area contributed by atoms with Gasteiger partial charge < -0.3 is 18.8 Å². The van der Waals surface area contributed by atoms with Gasteiger partial charge in [0.05, 0.1) is 32.8 Å². The number of benzene rings is 1. The Bertz CT molecular complexity index is 997. The largest absolute Gasteiger partial charge is 0.493 e. The lowest BCUT2D eigenvalue weighted by molar-refractivity contribution is 0.102. The minimum atomic E-state index is -0.0174. The number of ketones is 1. The summed E-state index contributed by atoms with van der Waals surface area (Å²) in [4.78, 5) is 15.0. The molecule has 0 aliphatic carbocycles. The number of carbonyl (C=O) groups excluding carboxylic acids is 1. The van der Waals surface area contributed by atoms with Gasteiger partial charge in [-0.25, -0.2) is 0 Å². The van der Waals surface area contributed by atoms with Crippen molar-refractivity contribution in [3.05, 3.63) is 47.9 Å². The molecule has 1 aromatic carbocycles. The van der Waals surface area contributed by atoms with Gasteiger partial charge in [0.15, 0.2) is 22.4 Å². The molecule has 0 N–H and O–H groups in total. The number of ether oxygens (including phenoxy) is 2. The Balaban J connectivity index is 1.52. The summed E-state index contributed by atoms with van der Waals surface area (Å²) in [5, 5.41) is 9.47. The molecule has 1 fully saturated rings. The molecule has 1 saturated heterocycles. The Morgan fingerprint density at radius 1 is 1.13 bits per heavy atom. The molecule has 30 heavy (non-hydrogen) atoms. The summed E-state index contributed by atoms with van der Waals surface area (Å²) < 4.78 is 18.1.